The molecule has 0 spiro atoms. The van der Waals surface area contributed by atoms with Gasteiger partial charge in [-0.05, 0) is 39.5 Å². The molecule has 0 unspecified atom stereocenters. The molecule has 1 rings (SSSR count). The van der Waals surface area contributed by atoms with Gasteiger partial charge in [0.1, 0.15) is 0 Å². The number of aromatic nitrogens is 1. The van der Waals surface area contributed by atoms with Gasteiger partial charge in [0.25, 0.3) is 0 Å². The van der Waals surface area contributed by atoms with E-state index < -0.39 is 6.16 Å². The Labute approximate surface area is 101 Å². The maximum atomic E-state index is 11.2. The lowest BCUT2D eigenvalue weighted by Gasteiger charge is -2.09. The average Bonchev–Trinajstić information content (AvgIpc) is 2.29. The number of pyridine rings is 1. The first-order valence-electron chi connectivity index (χ1n) is 5.59. The molecule has 0 radical (unpaired) electrons. The fraction of sp³-hybridized carbons (Fsp3) is 0.500. The summed E-state index contributed by atoms with van der Waals surface area (Å²) >= 11 is 0. The summed E-state index contributed by atoms with van der Waals surface area (Å²) < 4.78 is 9.77. The predicted molar refractivity (Wildman–Crippen MR) is 64.0 cm³/mol. The monoisotopic (exact) mass is 238 g/mol. The third-order valence-corrected chi connectivity index (χ3v) is 2.05. The normalized spacial score (nSPS) is 10.3. The highest BCUT2D eigenvalue weighted by atomic mass is 16.7. The molecule has 0 atom stereocenters. The van der Waals surface area contributed by atoms with Crippen LogP contribution in [-0.4, -0.2) is 43.3 Å². The Bertz CT molecular complexity index is 328. The van der Waals surface area contributed by atoms with E-state index in [9.17, 15) is 4.79 Å². The zero-order valence-electron chi connectivity index (χ0n) is 10.3. The van der Waals surface area contributed by atoms with Crippen molar-refractivity contribution in [2.45, 2.75) is 12.8 Å². The fourth-order valence-electron chi connectivity index (χ4n) is 1.21. The Morgan fingerprint density at radius 1 is 1.35 bits per heavy atom. The second-order valence-electron chi connectivity index (χ2n) is 3.88. The number of carbonyl (C=O) groups excluding carboxylic acids is 1. The van der Waals surface area contributed by atoms with Crippen LogP contribution in [-0.2, 0) is 4.74 Å². The topological polar surface area (TPSA) is 51.7 Å². The maximum Gasteiger partial charge on any atom is 0.515 e. The van der Waals surface area contributed by atoms with E-state index in [4.69, 9.17) is 9.47 Å². The minimum absolute atomic E-state index is 0.255. The molecule has 0 amide bonds. The van der Waals surface area contributed by atoms with E-state index in [1.165, 1.54) is 0 Å². The standard InChI is InChI=1S/C12H18N2O3/c1-14(2)9-5-6-10-16-12(15)17-11-7-3-4-8-13-11/h3-4,7-8H,5-6,9-10H2,1-2H3. The summed E-state index contributed by atoms with van der Waals surface area (Å²) in [4.78, 5) is 17.2. The predicted octanol–water partition coefficient (Wildman–Crippen LogP) is 1.94. The molecule has 0 saturated carbocycles. The molecule has 0 fully saturated rings. The highest BCUT2D eigenvalue weighted by Crippen LogP contribution is 2.04. The van der Waals surface area contributed by atoms with Crippen molar-refractivity contribution in [3.63, 3.8) is 0 Å². The van der Waals surface area contributed by atoms with Gasteiger partial charge >= 0.3 is 6.16 Å². The number of ether oxygens (including phenoxy) is 2. The van der Waals surface area contributed by atoms with E-state index in [-0.39, 0.29) is 5.88 Å². The van der Waals surface area contributed by atoms with E-state index in [0.29, 0.717) is 6.61 Å². The number of hydrogen-bond acceptors (Lipinski definition) is 5. The Morgan fingerprint density at radius 3 is 2.82 bits per heavy atom. The molecule has 94 valence electrons. The summed E-state index contributed by atoms with van der Waals surface area (Å²) in [5.41, 5.74) is 0. The molecule has 0 aromatic carbocycles. The summed E-state index contributed by atoms with van der Waals surface area (Å²) in [5.74, 6) is 0.255. The molecule has 0 aliphatic rings. The summed E-state index contributed by atoms with van der Waals surface area (Å²) in [7, 11) is 4.02. The zero-order valence-corrected chi connectivity index (χ0v) is 10.3. The highest BCUT2D eigenvalue weighted by molar-refractivity contribution is 5.62. The van der Waals surface area contributed by atoms with Crippen molar-refractivity contribution in [3.8, 4) is 5.88 Å². The van der Waals surface area contributed by atoms with Crippen LogP contribution in [0.5, 0.6) is 5.88 Å². The van der Waals surface area contributed by atoms with E-state index in [2.05, 4.69) is 9.88 Å². The van der Waals surface area contributed by atoms with Crippen LogP contribution in [0.1, 0.15) is 12.8 Å². The van der Waals surface area contributed by atoms with Crippen molar-refractivity contribution < 1.29 is 14.3 Å². The van der Waals surface area contributed by atoms with Crippen LogP contribution in [0.25, 0.3) is 0 Å². The lowest BCUT2D eigenvalue weighted by atomic mass is 10.3. The Hall–Kier alpha value is -1.62. The second kappa shape index (κ2) is 7.62. The Kier molecular flexibility index (Phi) is 6.03. The fourth-order valence-corrected chi connectivity index (χ4v) is 1.21. The molecular weight excluding hydrogens is 220 g/mol. The third kappa shape index (κ3) is 6.52. The van der Waals surface area contributed by atoms with Gasteiger partial charge in [0, 0.05) is 12.3 Å². The molecule has 1 heterocycles. The zero-order chi connectivity index (χ0) is 12.5. The number of unbranched alkanes of at least 4 members (excludes halogenated alkanes) is 1. The number of rotatable bonds is 6. The highest BCUT2D eigenvalue weighted by Gasteiger charge is 2.05. The third-order valence-electron chi connectivity index (χ3n) is 2.05. The molecule has 1 aromatic heterocycles. The Morgan fingerprint density at radius 2 is 2.18 bits per heavy atom. The van der Waals surface area contributed by atoms with E-state index in [0.717, 1.165) is 19.4 Å². The first-order chi connectivity index (χ1) is 8.18. The lowest BCUT2D eigenvalue weighted by molar-refractivity contribution is 0.0954. The first-order valence-corrected chi connectivity index (χ1v) is 5.59. The van der Waals surface area contributed by atoms with Crippen LogP contribution in [0.4, 0.5) is 4.79 Å². The SMILES string of the molecule is CN(C)CCCCOC(=O)Oc1ccccn1. The van der Waals surface area contributed by atoms with Gasteiger partial charge in [-0.2, -0.15) is 0 Å². The summed E-state index contributed by atoms with van der Waals surface area (Å²) in [6, 6.07) is 5.10. The van der Waals surface area contributed by atoms with Crippen molar-refractivity contribution in [2.75, 3.05) is 27.2 Å². The molecule has 0 aliphatic carbocycles. The van der Waals surface area contributed by atoms with Gasteiger partial charge in [0.15, 0.2) is 0 Å². The van der Waals surface area contributed by atoms with Crippen molar-refractivity contribution in [1.82, 2.24) is 9.88 Å². The van der Waals surface area contributed by atoms with Gasteiger partial charge in [-0.25, -0.2) is 9.78 Å². The van der Waals surface area contributed by atoms with Crippen molar-refractivity contribution in [1.29, 1.82) is 0 Å². The van der Waals surface area contributed by atoms with Gasteiger partial charge in [-0.3, -0.25) is 0 Å². The van der Waals surface area contributed by atoms with Crippen LogP contribution >= 0.6 is 0 Å². The molecule has 0 aliphatic heterocycles. The van der Waals surface area contributed by atoms with Gasteiger partial charge in [0.2, 0.25) is 5.88 Å². The van der Waals surface area contributed by atoms with Gasteiger partial charge < -0.3 is 14.4 Å². The smallest absolute Gasteiger partial charge is 0.434 e. The van der Waals surface area contributed by atoms with E-state index in [1.54, 1.807) is 24.4 Å². The van der Waals surface area contributed by atoms with Gasteiger partial charge in [-0.15, -0.1) is 0 Å². The van der Waals surface area contributed by atoms with Crippen LogP contribution in [0, 0.1) is 0 Å². The molecule has 0 bridgehead atoms. The first kappa shape index (κ1) is 13.4. The molecule has 0 N–H and O–H groups in total. The summed E-state index contributed by atoms with van der Waals surface area (Å²) in [6.07, 6.45) is 2.67. The van der Waals surface area contributed by atoms with Crippen molar-refractivity contribution >= 4 is 6.16 Å². The van der Waals surface area contributed by atoms with Crippen LogP contribution in [0.3, 0.4) is 0 Å². The minimum Gasteiger partial charge on any atom is -0.434 e. The second-order valence-corrected chi connectivity index (χ2v) is 3.88. The molecular formula is C12H18N2O3. The van der Waals surface area contributed by atoms with Crippen LogP contribution < -0.4 is 4.74 Å². The molecule has 17 heavy (non-hydrogen) atoms. The Balaban J connectivity index is 2.10. The van der Waals surface area contributed by atoms with E-state index in [1.807, 2.05) is 14.1 Å². The summed E-state index contributed by atoms with van der Waals surface area (Å²) in [6.45, 7) is 1.36. The summed E-state index contributed by atoms with van der Waals surface area (Å²) in [5, 5.41) is 0. The molecule has 5 heteroatoms. The van der Waals surface area contributed by atoms with Crippen molar-refractivity contribution in [2.24, 2.45) is 0 Å². The van der Waals surface area contributed by atoms with Crippen LogP contribution in [0.15, 0.2) is 24.4 Å². The average molecular weight is 238 g/mol. The molecule has 0 saturated heterocycles. The minimum atomic E-state index is -0.700. The lowest BCUT2D eigenvalue weighted by Crippen LogP contribution is -2.15. The quantitative estimate of drug-likeness (QED) is 0.560. The molecule has 1 aromatic rings. The molecule has 5 nitrogen and oxygen atoms in total. The van der Waals surface area contributed by atoms with Crippen molar-refractivity contribution in [3.05, 3.63) is 24.4 Å². The van der Waals surface area contributed by atoms with E-state index >= 15 is 0 Å². The number of nitrogens with zero attached hydrogens (tertiary/aromatic N) is 2. The number of hydrogen-bond donors (Lipinski definition) is 0. The maximum absolute atomic E-state index is 11.2. The number of carbonyl (C=O) groups is 1. The van der Waals surface area contributed by atoms with Gasteiger partial charge in [0.05, 0.1) is 6.61 Å². The van der Waals surface area contributed by atoms with Gasteiger partial charge in [-0.1, -0.05) is 6.07 Å². The van der Waals surface area contributed by atoms with Crippen LogP contribution in [0.2, 0.25) is 0 Å². The largest absolute Gasteiger partial charge is 0.515 e.